The second-order valence-electron chi connectivity index (χ2n) is 4.86. The lowest BCUT2D eigenvalue weighted by molar-refractivity contribution is -0.181. The van der Waals surface area contributed by atoms with Crippen LogP contribution in [0.25, 0.3) is 0 Å². The van der Waals surface area contributed by atoms with Gasteiger partial charge in [-0.15, -0.1) is 10.2 Å². The van der Waals surface area contributed by atoms with Gasteiger partial charge in [-0.1, -0.05) is 23.1 Å². The second kappa shape index (κ2) is 9.34. The molecule has 118 valence electrons. The highest BCUT2D eigenvalue weighted by Crippen LogP contribution is 2.21. The molecule has 0 saturated carbocycles. The van der Waals surface area contributed by atoms with Crippen LogP contribution in [0.1, 0.15) is 30.7 Å². The van der Waals surface area contributed by atoms with Gasteiger partial charge in [0.2, 0.25) is 5.91 Å². The van der Waals surface area contributed by atoms with Crippen LogP contribution in [0, 0.1) is 6.92 Å². The van der Waals surface area contributed by atoms with Gasteiger partial charge in [-0.25, -0.2) is 0 Å². The minimum Gasteiger partial charge on any atom is -0.356 e. The van der Waals surface area contributed by atoms with Crippen molar-refractivity contribution in [2.24, 2.45) is 0 Å². The van der Waals surface area contributed by atoms with Crippen LogP contribution >= 0.6 is 23.1 Å². The van der Waals surface area contributed by atoms with Gasteiger partial charge in [-0.2, -0.15) is 5.06 Å². The molecular weight excluding hydrogens is 308 g/mol. The number of amides is 1. The SMILES string of the molecule is Cc1nnc(SCCCNC(=O)CCN2CCCCO2)s1. The van der Waals surface area contributed by atoms with Crippen LogP contribution in [0.15, 0.2) is 4.34 Å². The summed E-state index contributed by atoms with van der Waals surface area (Å²) in [7, 11) is 0. The van der Waals surface area contributed by atoms with Crippen LogP contribution in [0.3, 0.4) is 0 Å². The summed E-state index contributed by atoms with van der Waals surface area (Å²) in [6, 6.07) is 0. The number of hydroxylamine groups is 2. The first-order valence-corrected chi connectivity index (χ1v) is 9.12. The maximum atomic E-state index is 11.7. The Balaban J connectivity index is 1.47. The second-order valence-corrected chi connectivity index (χ2v) is 7.38. The van der Waals surface area contributed by atoms with Crippen LogP contribution in [-0.2, 0) is 9.63 Å². The number of aryl methyl sites for hydroxylation is 1. The Labute approximate surface area is 133 Å². The van der Waals surface area contributed by atoms with Gasteiger partial charge in [-0.3, -0.25) is 9.63 Å². The molecule has 0 aromatic carbocycles. The predicted octanol–water partition coefficient (Wildman–Crippen LogP) is 1.86. The van der Waals surface area contributed by atoms with E-state index >= 15 is 0 Å². The van der Waals surface area contributed by atoms with E-state index in [1.54, 1.807) is 23.1 Å². The van der Waals surface area contributed by atoms with E-state index in [9.17, 15) is 4.79 Å². The number of nitrogens with zero attached hydrogens (tertiary/aromatic N) is 3. The molecule has 8 heteroatoms. The summed E-state index contributed by atoms with van der Waals surface area (Å²) in [5.41, 5.74) is 0. The average molecular weight is 330 g/mol. The summed E-state index contributed by atoms with van der Waals surface area (Å²) in [4.78, 5) is 17.2. The van der Waals surface area contributed by atoms with Gasteiger partial charge >= 0.3 is 0 Å². The number of carbonyl (C=O) groups is 1. The molecule has 2 rings (SSSR count). The Bertz CT molecular complexity index is 436. The fourth-order valence-corrected chi connectivity index (χ4v) is 3.76. The van der Waals surface area contributed by atoms with Gasteiger partial charge < -0.3 is 5.32 Å². The molecule has 1 N–H and O–H groups in total. The number of rotatable bonds is 8. The van der Waals surface area contributed by atoms with Crippen LogP contribution in [0.5, 0.6) is 0 Å². The van der Waals surface area contributed by atoms with Gasteiger partial charge in [0.05, 0.1) is 6.61 Å². The van der Waals surface area contributed by atoms with Crippen molar-refractivity contribution in [1.29, 1.82) is 0 Å². The number of aromatic nitrogens is 2. The molecule has 1 fully saturated rings. The van der Waals surface area contributed by atoms with E-state index in [0.29, 0.717) is 19.5 Å². The van der Waals surface area contributed by atoms with E-state index < -0.39 is 0 Å². The summed E-state index contributed by atoms with van der Waals surface area (Å²) in [6.45, 7) is 5.07. The zero-order chi connectivity index (χ0) is 14.9. The predicted molar refractivity (Wildman–Crippen MR) is 84.4 cm³/mol. The quantitative estimate of drug-likeness (QED) is 0.580. The van der Waals surface area contributed by atoms with Crippen molar-refractivity contribution in [3.63, 3.8) is 0 Å². The molecule has 1 aliphatic rings. The van der Waals surface area contributed by atoms with Gasteiger partial charge in [0.25, 0.3) is 0 Å². The first-order chi connectivity index (χ1) is 10.2. The number of nitrogens with one attached hydrogen (secondary N) is 1. The Morgan fingerprint density at radius 3 is 3.10 bits per heavy atom. The molecule has 0 aliphatic carbocycles. The maximum absolute atomic E-state index is 11.7. The number of carbonyl (C=O) groups excluding carboxylic acids is 1. The lowest BCUT2D eigenvalue weighted by atomic mass is 10.3. The highest BCUT2D eigenvalue weighted by molar-refractivity contribution is 8.01. The number of thioether (sulfide) groups is 1. The van der Waals surface area contributed by atoms with E-state index in [0.717, 1.165) is 47.5 Å². The Morgan fingerprint density at radius 2 is 2.38 bits per heavy atom. The Hall–Kier alpha value is -0.700. The molecule has 6 nitrogen and oxygen atoms in total. The van der Waals surface area contributed by atoms with Crippen molar-refractivity contribution in [3.05, 3.63) is 5.01 Å². The van der Waals surface area contributed by atoms with Crippen molar-refractivity contribution < 1.29 is 9.63 Å². The standard InChI is InChI=1S/C13H22N4O2S2/c1-11-15-16-13(21-11)20-10-4-6-14-12(18)5-8-17-7-2-3-9-19-17/h2-10H2,1H3,(H,14,18). The Kier molecular flexibility index (Phi) is 7.42. The largest absolute Gasteiger partial charge is 0.356 e. The molecule has 1 amide bonds. The smallest absolute Gasteiger partial charge is 0.221 e. The topological polar surface area (TPSA) is 67.4 Å². The van der Waals surface area contributed by atoms with Gasteiger partial charge in [0, 0.05) is 31.8 Å². The zero-order valence-corrected chi connectivity index (χ0v) is 14.0. The third kappa shape index (κ3) is 6.73. The van der Waals surface area contributed by atoms with Crippen molar-refractivity contribution in [3.8, 4) is 0 Å². The van der Waals surface area contributed by atoms with Crippen LogP contribution in [0.4, 0.5) is 0 Å². The number of hydrogen-bond donors (Lipinski definition) is 1. The fraction of sp³-hybridized carbons (Fsp3) is 0.769. The first kappa shape index (κ1) is 16.7. The summed E-state index contributed by atoms with van der Waals surface area (Å²) < 4.78 is 1.00. The zero-order valence-electron chi connectivity index (χ0n) is 12.3. The van der Waals surface area contributed by atoms with E-state index in [1.165, 1.54) is 0 Å². The van der Waals surface area contributed by atoms with Crippen molar-refractivity contribution in [2.75, 3.05) is 32.0 Å². The Morgan fingerprint density at radius 1 is 1.48 bits per heavy atom. The molecule has 0 radical (unpaired) electrons. The monoisotopic (exact) mass is 330 g/mol. The minimum atomic E-state index is 0.0981. The molecule has 2 heterocycles. The van der Waals surface area contributed by atoms with Crippen LogP contribution in [-0.4, -0.2) is 53.2 Å². The first-order valence-electron chi connectivity index (χ1n) is 7.31. The molecule has 0 atom stereocenters. The third-order valence-corrected chi connectivity index (χ3v) is 5.10. The number of hydrogen-bond acceptors (Lipinski definition) is 7. The molecule has 0 bridgehead atoms. The summed E-state index contributed by atoms with van der Waals surface area (Å²) >= 11 is 3.30. The van der Waals surface area contributed by atoms with Crippen molar-refractivity contribution in [1.82, 2.24) is 20.6 Å². The minimum absolute atomic E-state index is 0.0981. The summed E-state index contributed by atoms with van der Waals surface area (Å²) in [5, 5.41) is 13.9. The van der Waals surface area contributed by atoms with Crippen LogP contribution in [0.2, 0.25) is 0 Å². The lowest BCUT2D eigenvalue weighted by Gasteiger charge is -2.25. The molecule has 1 aliphatic heterocycles. The fourth-order valence-electron chi connectivity index (χ4n) is 1.94. The molecular formula is C13H22N4O2S2. The molecule has 1 aromatic rings. The van der Waals surface area contributed by atoms with E-state index in [-0.39, 0.29) is 5.91 Å². The highest BCUT2D eigenvalue weighted by Gasteiger charge is 2.12. The van der Waals surface area contributed by atoms with E-state index in [4.69, 9.17) is 4.84 Å². The molecule has 0 spiro atoms. The van der Waals surface area contributed by atoms with Gasteiger partial charge in [0.15, 0.2) is 4.34 Å². The van der Waals surface area contributed by atoms with Gasteiger partial charge in [0.1, 0.15) is 5.01 Å². The normalized spacial score (nSPS) is 16.0. The van der Waals surface area contributed by atoms with Crippen molar-refractivity contribution in [2.45, 2.75) is 36.9 Å². The van der Waals surface area contributed by atoms with E-state index in [1.807, 2.05) is 12.0 Å². The highest BCUT2D eigenvalue weighted by atomic mass is 32.2. The van der Waals surface area contributed by atoms with Gasteiger partial charge in [-0.05, 0) is 26.2 Å². The van der Waals surface area contributed by atoms with E-state index in [2.05, 4.69) is 15.5 Å². The molecule has 21 heavy (non-hydrogen) atoms. The van der Waals surface area contributed by atoms with Crippen LogP contribution < -0.4 is 5.32 Å². The lowest BCUT2D eigenvalue weighted by Crippen LogP contribution is -2.34. The molecule has 1 aromatic heterocycles. The summed E-state index contributed by atoms with van der Waals surface area (Å²) in [6.07, 6.45) is 3.72. The van der Waals surface area contributed by atoms with Crippen molar-refractivity contribution >= 4 is 29.0 Å². The molecule has 0 unspecified atom stereocenters. The molecule has 1 saturated heterocycles. The summed E-state index contributed by atoms with van der Waals surface area (Å²) in [5.74, 6) is 1.05. The average Bonchev–Trinajstić information content (AvgIpc) is 2.91. The maximum Gasteiger partial charge on any atom is 0.221 e. The third-order valence-electron chi connectivity index (χ3n) is 3.04.